The standard InChI is InChI=1S/C18H17Cl2N3O/c19-13-6-5-12(15(20)9-13)10-23-17-4-2-1-3-16(17)21-18(23)22-8-7-14(24)11-22/h1-6,9,14,24H,7-8,10-11H2/t14-/m1/s1. The van der Waals surface area contributed by atoms with Crippen molar-refractivity contribution in [3.05, 3.63) is 58.1 Å². The number of fused-ring (bicyclic) bond motifs is 1. The van der Waals surface area contributed by atoms with Gasteiger partial charge in [-0.1, -0.05) is 41.4 Å². The van der Waals surface area contributed by atoms with Gasteiger partial charge in [0.15, 0.2) is 0 Å². The Hall–Kier alpha value is -1.75. The molecule has 1 aliphatic rings. The molecule has 6 heteroatoms. The number of rotatable bonds is 3. The first-order valence-electron chi connectivity index (χ1n) is 7.94. The lowest BCUT2D eigenvalue weighted by atomic mass is 10.2. The number of aliphatic hydroxyl groups is 1. The molecule has 124 valence electrons. The van der Waals surface area contributed by atoms with Crippen LogP contribution in [0.1, 0.15) is 12.0 Å². The average molecular weight is 362 g/mol. The minimum absolute atomic E-state index is 0.294. The molecule has 1 atom stereocenters. The average Bonchev–Trinajstić information content (AvgIpc) is 3.14. The van der Waals surface area contributed by atoms with Crippen LogP contribution in [-0.2, 0) is 6.54 Å². The number of aromatic nitrogens is 2. The van der Waals surface area contributed by atoms with Crippen molar-refractivity contribution in [2.24, 2.45) is 0 Å². The predicted molar refractivity (Wildman–Crippen MR) is 98.1 cm³/mol. The third-order valence-corrected chi connectivity index (χ3v) is 5.01. The monoisotopic (exact) mass is 361 g/mol. The minimum Gasteiger partial charge on any atom is -0.391 e. The maximum absolute atomic E-state index is 9.88. The lowest BCUT2D eigenvalue weighted by Gasteiger charge is -2.19. The first-order chi connectivity index (χ1) is 11.6. The molecule has 2 aromatic carbocycles. The number of β-amino-alcohol motifs (C(OH)–C–C–N with tert-alkyl or cyclic N) is 1. The van der Waals surface area contributed by atoms with Crippen LogP contribution in [0.4, 0.5) is 5.95 Å². The number of hydrogen-bond acceptors (Lipinski definition) is 3. The van der Waals surface area contributed by atoms with E-state index in [1.807, 2.05) is 30.3 Å². The van der Waals surface area contributed by atoms with Gasteiger partial charge in [-0.2, -0.15) is 0 Å². The maximum Gasteiger partial charge on any atom is 0.206 e. The van der Waals surface area contributed by atoms with Gasteiger partial charge in [-0.25, -0.2) is 4.98 Å². The Balaban J connectivity index is 1.80. The summed E-state index contributed by atoms with van der Waals surface area (Å²) in [4.78, 5) is 6.91. The third-order valence-electron chi connectivity index (χ3n) is 4.42. The van der Waals surface area contributed by atoms with E-state index >= 15 is 0 Å². The van der Waals surface area contributed by atoms with E-state index in [0.717, 1.165) is 35.5 Å². The normalized spacial score (nSPS) is 17.8. The largest absolute Gasteiger partial charge is 0.391 e. The van der Waals surface area contributed by atoms with E-state index < -0.39 is 0 Å². The molecule has 1 N–H and O–H groups in total. The van der Waals surface area contributed by atoms with Crippen molar-refractivity contribution in [3.63, 3.8) is 0 Å². The fraction of sp³-hybridized carbons (Fsp3) is 0.278. The molecular weight excluding hydrogens is 345 g/mol. The number of benzene rings is 2. The van der Waals surface area contributed by atoms with E-state index in [1.54, 1.807) is 6.07 Å². The molecule has 1 saturated heterocycles. The molecule has 1 aromatic heterocycles. The van der Waals surface area contributed by atoms with Gasteiger partial charge in [-0.3, -0.25) is 0 Å². The second kappa shape index (κ2) is 6.28. The molecule has 1 fully saturated rings. The van der Waals surface area contributed by atoms with Crippen molar-refractivity contribution in [2.75, 3.05) is 18.0 Å². The fourth-order valence-electron chi connectivity index (χ4n) is 3.20. The van der Waals surface area contributed by atoms with Gasteiger partial charge >= 0.3 is 0 Å². The zero-order chi connectivity index (χ0) is 16.7. The van der Waals surface area contributed by atoms with E-state index in [9.17, 15) is 5.11 Å². The van der Waals surface area contributed by atoms with Gasteiger partial charge in [0, 0.05) is 23.1 Å². The maximum atomic E-state index is 9.88. The molecule has 0 saturated carbocycles. The third kappa shape index (κ3) is 2.86. The summed E-state index contributed by atoms with van der Waals surface area (Å²) in [7, 11) is 0. The van der Waals surface area contributed by atoms with Crippen LogP contribution in [0.3, 0.4) is 0 Å². The number of imidazole rings is 1. The molecule has 4 rings (SSSR count). The van der Waals surface area contributed by atoms with Crippen LogP contribution < -0.4 is 4.90 Å². The Kier molecular flexibility index (Phi) is 4.12. The number of aliphatic hydroxyl groups excluding tert-OH is 1. The Bertz CT molecular complexity index is 893. The van der Waals surface area contributed by atoms with Crippen molar-refractivity contribution in [3.8, 4) is 0 Å². The molecule has 0 unspecified atom stereocenters. The van der Waals surface area contributed by atoms with Crippen molar-refractivity contribution in [1.29, 1.82) is 0 Å². The van der Waals surface area contributed by atoms with Gasteiger partial charge in [0.25, 0.3) is 0 Å². The van der Waals surface area contributed by atoms with Crippen LogP contribution in [-0.4, -0.2) is 33.9 Å². The molecule has 1 aliphatic heterocycles. The van der Waals surface area contributed by atoms with Crippen molar-refractivity contribution in [1.82, 2.24) is 9.55 Å². The van der Waals surface area contributed by atoms with Gasteiger partial charge < -0.3 is 14.6 Å². The number of nitrogens with zero attached hydrogens (tertiary/aromatic N) is 3. The van der Waals surface area contributed by atoms with Gasteiger partial charge in [0.05, 0.1) is 23.7 Å². The summed E-state index contributed by atoms with van der Waals surface area (Å²) in [5.41, 5.74) is 2.99. The van der Waals surface area contributed by atoms with Crippen molar-refractivity contribution >= 4 is 40.2 Å². The SMILES string of the molecule is O[C@@H]1CCN(c2nc3ccccc3n2Cc2ccc(Cl)cc2Cl)C1. The molecular formula is C18H17Cl2N3O. The van der Waals surface area contributed by atoms with E-state index in [0.29, 0.717) is 23.1 Å². The summed E-state index contributed by atoms with van der Waals surface area (Å²) in [6.07, 6.45) is 0.475. The highest BCUT2D eigenvalue weighted by Gasteiger charge is 2.25. The molecule has 0 amide bonds. The molecule has 0 spiro atoms. The van der Waals surface area contributed by atoms with Gasteiger partial charge in [0.2, 0.25) is 5.95 Å². The summed E-state index contributed by atoms with van der Waals surface area (Å²) in [5.74, 6) is 0.874. The lowest BCUT2D eigenvalue weighted by Crippen LogP contribution is -2.25. The lowest BCUT2D eigenvalue weighted by molar-refractivity contribution is 0.198. The molecule has 4 nitrogen and oxygen atoms in total. The zero-order valence-corrected chi connectivity index (χ0v) is 14.5. The van der Waals surface area contributed by atoms with Crippen molar-refractivity contribution in [2.45, 2.75) is 19.1 Å². The van der Waals surface area contributed by atoms with Crippen LogP contribution >= 0.6 is 23.2 Å². The van der Waals surface area contributed by atoms with Gasteiger partial charge in [0.1, 0.15) is 0 Å². The van der Waals surface area contributed by atoms with E-state index in [2.05, 4.69) is 15.5 Å². The summed E-state index contributed by atoms with van der Waals surface area (Å²) in [6.45, 7) is 2.02. The van der Waals surface area contributed by atoms with Crippen LogP contribution in [0.15, 0.2) is 42.5 Å². The van der Waals surface area contributed by atoms with Crippen LogP contribution in [0.25, 0.3) is 11.0 Å². The first-order valence-corrected chi connectivity index (χ1v) is 8.69. The van der Waals surface area contributed by atoms with E-state index in [4.69, 9.17) is 28.2 Å². The summed E-state index contributed by atoms with van der Waals surface area (Å²) in [6, 6.07) is 13.6. The summed E-state index contributed by atoms with van der Waals surface area (Å²) < 4.78 is 2.16. The van der Waals surface area contributed by atoms with Gasteiger partial charge in [-0.15, -0.1) is 0 Å². The first kappa shape index (κ1) is 15.8. The number of halogens is 2. The highest BCUT2D eigenvalue weighted by molar-refractivity contribution is 6.35. The van der Waals surface area contributed by atoms with E-state index in [1.165, 1.54) is 0 Å². The predicted octanol–water partition coefficient (Wildman–Crippen LogP) is 3.96. The molecule has 3 aromatic rings. The topological polar surface area (TPSA) is 41.3 Å². The summed E-state index contributed by atoms with van der Waals surface area (Å²) >= 11 is 12.4. The number of hydrogen-bond donors (Lipinski definition) is 1. The second-order valence-corrected chi connectivity index (χ2v) is 6.95. The van der Waals surface area contributed by atoms with Crippen molar-refractivity contribution < 1.29 is 5.11 Å². The molecule has 24 heavy (non-hydrogen) atoms. The Morgan fingerprint density at radius 3 is 2.75 bits per heavy atom. The highest BCUT2D eigenvalue weighted by atomic mass is 35.5. The molecule has 2 heterocycles. The number of para-hydroxylation sites is 2. The minimum atomic E-state index is -0.294. The van der Waals surface area contributed by atoms with Gasteiger partial charge in [-0.05, 0) is 36.2 Å². The zero-order valence-electron chi connectivity index (χ0n) is 13.0. The quantitative estimate of drug-likeness (QED) is 0.767. The fourth-order valence-corrected chi connectivity index (χ4v) is 3.67. The van der Waals surface area contributed by atoms with Crippen LogP contribution in [0.5, 0.6) is 0 Å². The molecule has 0 aliphatic carbocycles. The second-order valence-electron chi connectivity index (χ2n) is 6.11. The summed E-state index contributed by atoms with van der Waals surface area (Å²) in [5, 5.41) is 11.1. The highest BCUT2D eigenvalue weighted by Crippen LogP contribution is 2.29. The Morgan fingerprint density at radius 2 is 2.00 bits per heavy atom. The smallest absolute Gasteiger partial charge is 0.206 e. The Morgan fingerprint density at radius 1 is 1.17 bits per heavy atom. The molecule has 0 radical (unpaired) electrons. The van der Waals surface area contributed by atoms with Crippen LogP contribution in [0.2, 0.25) is 10.0 Å². The Labute approximate surface area is 150 Å². The van der Waals surface area contributed by atoms with Crippen LogP contribution in [0, 0.1) is 0 Å². The number of anilines is 1. The molecule has 0 bridgehead atoms. The van der Waals surface area contributed by atoms with E-state index in [-0.39, 0.29) is 6.10 Å².